The molecular weight excluding hydrogens is 422 g/mol. The summed E-state index contributed by atoms with van der Waals surface area (Å²) in [6.45, 7) is 9.88. The van der Waals surface area contributed by atoms with Gasteiger partial charge < -0.3 is 4.74 Å². The molecule has 0 aromatic heterocycles. The zero-order valence-electron chi connectivity index (χ0n) is 16.2. The van der Waals surface area contributed by atoms with Gasteiger partial charge in [-0.2, -0.15) is 0 Å². The molecule has 5 heteroatoms. The maximum absolute atomic E-state index is 6.24. The van der Waals surface area contributed by atoms with Gasteiger partial charge in [0.05, 0.1) is 33.3 Å². The third-order valence-electron chi connectivity index (χ3n) is 5.63. The standard InChI is InChI=1S/C22H26Cl4O/c1-5-21(3,15-7-9-17(23)19(25)11-15)13-27-14-22(4,6-2)16-8-10-18(24)20(26)12-16/h7-12H,5-6,13-14H2,1-4H3. The van der Waals surface area contributed by atoms with E-state index < -0.39 is 0 Å². The Bertz CT molecular complexity index is 726. The molecule has 27 heavy (non-hydrogen) atoms. The number of benzene rings is 2. The van der Waals surface area contributed by atoms with Gasteiger partial charge in [0.1, 0.15) is 0 Å². The fourth-order valence-electron chi connectivity index (χ4n) is 3.02. The minimum atomic E-state index is -0.138. The summed E-state index contributed by atoms with van der Waals surface area (Å²) in [5.41, 5.74) is 1.99. The van der Waals surface area contributed by atoms with E-state index in [0.717, 1.165) is 24.0 Å². The van der Waals surface area contributed by atoms with Crippen LogP contribution in [0.15, 0.2) is 36.4 Å². The molecule has 0 heterocycles. The highest BCUT2D eigenvalue weighted by Gasteiger charge is 2.30. The lowest BCUT2D eigenvalue weighted by atomic mass is 9.79. The van der Waals surface area contributed by atoms with Gasteiger partial charge >= 0.3 is 0 Å². The number of rotatable bonds is 8. The largest absolute Gasteiger partial charge is 0.380 e. The van der Waals surface area contributed by atoms with Crippen LogP contribution in [0.25, 0.3) is 0 Å². The maximum Gasteiger partial charge on any atom is 0.0595 e. The molecule has 2 aromatic carbocycles. The van der Waals surface area contributed by atoms with E-state index in [1.54, 1.807) is 0 Å². The highest BCUT2D eigenvalue weighted by molar-refractivity contribution is 6.42. The van der Waals surface area contributed by atoms with Crippen molar-refractivity contribution in [1.29, 1.82) is 0 Å². The minimum Gasteiger partial charge on any atom is -0.380 e. The van der Waals surface area contributed by atoms with Gasteiger partial charge in [-0.3, -0.25) is 0 Å². The van der Waals surface area contributed by atoms with Crippen LogP contribution < -0.4 is 0 Å². The molecule has 0 N–H and O–H groups in total. The molecule has 1 nitrogen and oxygen atoms in total. The van der Waals surface area contributed by atoms with Crippen molar-refractivity contribution in [3.8, 4) is 0 Å². The van der Waals surface area contributed by atoms with Crippen molar-refractivity contribution in [2.45, 2.75) is 51.4 Å². The summed E-state index contributed by atoms with van der Waals surface area (Å²) in [4.78, 5) is 0. The second-order valence-corrected chi connectivity index (χ2v) is 9.21. The average molecular weight is 448 g/mol. The summed E-state index contributed by atoms with van der Waals surface area (Å²) in [7, 11) is 0. The van der Waals surface area contributed by atoms with Crippen LogP contribution in [0.4, 0.5) is 0 Å². The molecule has 0 aliphatic carbocycles. The van der Waals surface area contributed by atoms with Crippen LogP contribution in [0.3, 0.4) is 0 Å². The maximum atomic E-state index is 6.24. The van der Waals surface area contributed by atoms with Crippen molar-refractivity contribution in [1.82, 2.24) is 0 Å². The highest BCUT2D eigenvalue weighted by atomic mass is 35.5. The average Bonchev–Trinajstić information content (AvgIpc) is 2.65. The van der Waals surface area contributed by atoms with E-state index >= 15 is 0 Å². The first-order valence-electron chi connectivity index (χ1n) is 9.14. The van der Waals surface area contributed by atoms with E-state index in [-0.39, 0.29) is 10.8 Å². The Morgan fingerprint density at radius 2 is 1.04 bits per heavy atom. The first-order valence-corrected chi connectivity index (χ1v) is 10.6. The summed E-state index contributed by atoms with van der Waals surface area (Å²) >= 11 is 24.6. The topological polar surface area (TPSA) is 9.23 Å². The van der Waals surface area contributed by atoms with Crippen molar-refractivity contribution >= 4 is 46.4 Å². The molecule has 2 unspecified atom stereocenters. The highest BCUT2D eigenvalue weighted by Crippen LogP contribution is 2.35. The third kappa shape index (κ3) is 5.34. The van der Waals surface area contributed by atoms with Gasteiger partial charge in [0, 0.05) is 10.8 Å². The van der Waals surface area contributed by atoms with Crippen molar-refractivity contribution in [2.24, 2.45) is 0 Å². The lowest BCUT2D eigenvalue weighted by Crippen LogP contribution is -2.33. The lowest BCUT2D eigenvalue weighted by molar-refractivity contribution is 0.0510. The Hall–Kier alpha value is -0.440. The van der Waals surface area contributed by atoms with Crippen molar-refractivity contribution in [2.75, 3.05) is 13.2 Å². The smallest absolute Gasteiger partial charge is 0.0595 e. The Balaban J connectivity index is 2.14. The fourth-order valence-corrected chi connectivity index (χ4v) is 3.62. The van der Waals surface area contributed by atoms with E-state index in [4.69, 9.17) is 51.1 Å². The lowest BCUT2D eigenvalue weighted by Gasteiger charge is -2.33. The predicted molar refractivity (Wildman–Crippen MR) is 119 cm³/mol. The van der Waals surface area contributed by atoms with E-state index in [1.165, 1.54) is 0 Å². The number of halogens is 4. The normalized spacial score (nSPS) is 16.0. The number of hydrogen-bond acceptors (Lipinski definition) is 1. The molecule has 0 aliphatic heterocycles. The van der Waals surface area contributed by atoms with E-state index in [1.807, 2.05) is 36.4 Å². The van der Waals surface area contributed by atoms with Crippen LogP contribution in [0, 0.1) is 0 Å². The number of ether oxygens (including phenoxy) is 1. The first kappa shape index (κ1) is 22.8. The van der Waals surface area contributed by atoms with E-state index in [9.17, 15) is 0 Å². The molecule has 148 valence electrons. The SMILES string of the molecule is CCC(C)(COCC(C)(CC)c1ccc(Cl)c(Cl)c1)c1ccc(Cl)c(Cl)c1. The summed E-state index contributed by atoms with van der Waals surface area (Å²) in [5.74, 6) is 0. The van der Waals surface area contributed by atoms with Crippen LogP contribution in [-0.2, 0) is 15.6 Å². The molecular formula is C22H26Cl4O. The molecule has 2 atom stereocenters. The second-order valence-electron chi connectivity index (χ2n) is 7.58. The van der Waals surface area contributed by atoms with Crippen LogP contribution in [0.5, 0.6) is 0 Å². The molecule has 0 fully saturated rings. The van der Waals surface area contributed by atoms with Gasteiger partial charge in [0.2, 0.25) is 0 Å². The Morgan fingerprint density at radius 3 is 1.33 bits per heavy atom. The van der Waals surface area contributed by atoms with Crippen LogP contribution in [0.1, 0.15) is 51.7 Å². The van der Waals surface area contributed by atoms with Gasteiger partial charge in [-0.05, 0) is 48.2 Å². The number of hydrogen-bond donors (Lipinski definition) is 0. The first-order chi connectivity index (χ1) is 12.6. The predicted octanol–water partition coefficient (Wildman–Crippen LogP) is 8.35. The van der Waals surface area contributed by atoms with Crippen molar-refractivity contribution < 1.29 is 4.74 Å². The molecule has 0 bridgehead atoms. The summed E-state index contributed by atoms with van der Waals surface area (Å²) in [6, 6.07) is 11.6. The Kier molecular flexibility index (Phi) is 7.93. The van der Waals surface area contributed by atoms with Crippen LogP contribution >= 0.6 is 46.4 Å². The minimum absolute atomic E-state index is 0.138. The van der Waals surface area contributed by atoms with Crippen molar-refractivity contribution in [3.63, 3.8) is 0 Å². The molecule has 2 aromatic rings. The molecule has 0 aliphatic rings. The summed E-state index contributed by atoms with van der Waals surface area (Å²) in [5, 5.41) is 2.28. The molecule has 0 radical (unpaired) electrons. The quantitative estimate of drug-likeness (QED) is 0.394. The van der Waals surface area contributed by atoms with Gasteiger partial charge in [-0.25, -0.2) is 0 Å². The summed E-state index contributed by atoms with van der Waals surface area (Å²) in [6.07, 6.45) is 1.86. The monoisotopic (exact) mass is 446 g/mol. The molecule has 0 saturated carbocycles. The molecule has 2 rings (SSSR count). The zero-order valence-corrected chi connectivity index (χ0v) is 19.2. The third-order valence-corrected chi connectivity index (χ3v) is 7.11. The van der Waals surface area contributed by atoms with Crippen LogP contribution in [-0.4, -0.2) is 13.2 Å². The van der Waals surface area contributed by atoms with Gasteiger partial charge in [-0.1, -0.05) is 86.2 Å². The molecule has 0 saturated heterocycles. The summed E-state index contributed by atoms with van der Waals surface area (Å²) < 4.78 is 6.24. The van der Waals surface area contributed by atoms with Crippen molar-refractivity contribution in [3.05, 3.63) is 67.6 Å². The molecule has 0 amide bonds. The van der Waals surface area contributed by atoms with Gasteiger partial charge in [-0.15, -0.1) is 0 Å². The second kappa shape index (κ2) is 9.37. The Morgan fingerprint density at radius 1 is 0.667 bits per heavy atom. The Labute approximate surface area is 182 Å². The van der Waals surface area contributed by atoms with E-state index in [0.29, 0.717) is 33.3 Å². The molecule has 0 spiro atoms. The van der Waals surface area contributed by atoms with Gasteiger partial charge in [0.15, 0.2) is 0 Å². The fraction of sp³-hybridized carbons (Fsp3) is 0.455. The van der Waals surface area contributed by atoms with Gasteiger partial charge in [0.25, 0.3) is 0 Å². The van der Waals surface area contributed by atoms with E-state index in [2.05, 4.69) is 27.7 Å². The van der Waals surface area contributed by atoms with Crippen LogP contribution in [0.2, 0.25) is 20.1 Å². The zero-order chi connectivity index (χ0) is 20.2.